The van der Waals surface area contributed by atoms with Crippen LogP contribution in [0.3, 0.4) is 0 Å². The third-order valence-corrected chi connectivity index (χ3v) is 3.18. The molecule has 0 unspecified atom stereocenters. The largest absolute Gasteiger partial charge is 0.489 e. The normalized spacial score (nSPS) is 18.6. The molecule has 1 aliphatic carbocycles. The highest BCUT2D eigenvalue weighted by molar-refractivity contribution is 5.21. The highest BCUT2D eigenvalue weighted by atomic mass is 16.5. The van der Waals surface area contributed by atoms with Crippen molar-refractivity contribution in [3.63, 3.8) is 0 Å². The summed E-state index contributed by atoms with van der Waals surface area (Å²) in [6.45, 7) is 2.06. The molecular weight excluding hydrogens is 200 g/mol. The van der Waals surface area contributed by atoms with Crippen molar-refractivity contribution in [2.75, 3.05) is 0 Å². The first-order chi connectivity index (χ1) is 7.79. The monoisotopic (exact) mass is 220 g/mol. The highest BCUT2D eigenvalue weighted by Gasteiger charge is 2.16. The molecule has 1 atom stereocenters. The van der Waals surface area contributed by atoms with Gasteiger partial charge in [0.2, 0.25) is 0 Å². The molecule has 1 heterocycles. The van der Waals surface area contributed by atoms with Gasteiger partial charge in [-0.15, -0.1) is 0 Å². The molecule has 16 heavy (non-hydrogen) atoms. The van der Waals surface area contributed by atoms with Crippen LogP contribution in [0.15, 0.2) is 18.3 Å². The molecule has 0 radical (unpaired) electrons. The van der Waals surface area contributed by atoms with Gasteiger partial charge in [0.15, 0.2) is 0 Å². The summed E-state index contributed by atoms with van der Waals surface area (Å²) in [5.74, 6) is 0.874. The van der Waals surface area contributed by atoms with Gasteiger partial charge in [0.05, 0.1) is 18.0 Å². The van der Waals surface area contributed by atoms with Crippen LogP contribution in [0.2, 0.25) is 0 Å². The highest BCUT2D eigenvalue weighted by Crippen LogP contribution is 2.24. The third kappa shape index (κ3) is 2.73. The minimum Gasteiger partial charge on any atom is -0.489 e. The maximum absolute atomic E-state index is 5.90. The predicted octanol–water partition coefficient (Wildman–Crippen LogP) is 2.81. The first-order valence-electron chi connectivity index (χ1n) is 6.17. The summed E-state index contributed by atoms with van der Waals surface area (Å²) in [7, 11) is 0. The Morgan fingerprint density at radius 1 is 1.44 bits per heavy atom. The topological polar surface area (TPSA) is 48.1 Å². The maximum Gasteiger partial charge on any atom is 0.138 e. The third-order valence-electron chi connectivity index (χ3n) is 3.18. The van der Waals surface area contributed by atoms with Crippen LogP contribution in [0.4, 0.5) is 0 Å². The van der Waals surface area contributed by atoms with Crippen LogP contribution in [0.25, 0.3) is 0 Å². The molecule has 0 saturated heterocycles. The minimum atomic E-state index is 0.0422. The van der Waals surface area contributed by atoms with Crippen LogP contribution >= 0.6 is 0 Å². The van der Waals surface area contributed by atoms with Gasteiger partial charge < -0.3 is 10.5 Å². The van der Waals surface area contributed by atoms with Crippen LogP contribution in [-0.2, 0) is 0 Å². The molecule has 0 bridgehead atoms. The van der Waals surface area contributed by atoms with Crippen molar-refractivity contribution < 1.29 is 4.74 Å². The number of aromatic nitrogens is 1. The van der Waals surface area contributed by atoms with Gasteiger partial charge in [-0.05, 0) is 44.2 Å². The van der Waals surface area contributed by atoms with Crippen LogP contribution in [0, 0.1) is 0 Å². The van der Waals surface area contributed by atoms with Crippen molar-refractivity contribution in [1.82, 2.24) is 4.98 Å². The smallest absolute Gasteiger partial charge is 0.138 e. The van der Waals surface area contributed by atoms with Gasteiger partial charge in [0.25, 0.3) is 0 Å². The van der Waals surface area contributed by atoms with E-state index in [0.717, 1.165) is 17.9 Å². The first kappa shape index (κ1) is 11.4. The van der Waals surface area contributed by atoms with E-state index in [1.807, 2.05) is 12.1 Å². The lowest BCUT2D eigenvalue weighted by molar-refractivity contribution is 0.209. The van der Waals surface area contributed by atoms with E-state index in [4.69, 9.17) is 10.5 Å². The van der Waals surface area contributed by atoms with Gasteiger partial charge in [-0.25, -0.2) is 0 Å². The fraction of sp³-hybridized carbons (Fsp3) is 0.615. The summed E-state index contributed by atoms with van der Waals surface area (Å²) in [6.07, 6.45) is 8.03. The molecular formula is C13H20N2O. The standard InChI is InChI=1S/C13H20N2O/c1-2-12(14)13-8-7-11(9-15-13)16-10-5-3-4-6-10/h7-10,12H,2-6,14H2,1H3/t12-/m1/s1. The van der Waals surface area contributed by atoms with E-state index >= 15 is 0 Å². The van der Waals surface area contributed by atoms with Crippen molar-refractivity contribution in [2.45, 2.75) is 51.2 Å². The number of pyridine rings is 1. The molecule has 2 rings (SSSR count). The average Bonchev–Trinajstić information content (AvgIpc) is 2.82. The second-order valence-corrected chi connectivity index (χ2v) is 4.46. The summed E-state index contributed by atoms with van der Waals surface area (Å²) >= 11 is 0. The number of hydrogen-bond donors (Lipinski definition) is 1. The molecule has 1 aliphatic rings. The Morgan fingerprint density at radius 3 is 2.75 bits per heavy atom. The quantitative estimate of drug-likeness (QED) is 0.848. The zero-order valence-corrected chi connectivity index (χ0v) is 9.86. The van der Waals surface area contributed by atoms with Crippen LogP contribution < -0.4 is 10.5 Å². The van der Waals surface area contributed by atoms with Crippen LogP contribution in [0.1, 0.15) is 50.8 Å². The molecule has 0 aromatic carbocycles. The van der Waals surface area contributed by atoms with Gasteiger partial charge in [-0.2, -0.15) is 0 Å². The van der Waals surface area contributed by atoms with Crippen molar-refractivity contribution in [3.05, 3.63) is 24.0 Å². The van der Waals surface area contributed by atoms with Crippen molar-refractivity contribution in [2.24, 2.45) is 5.73 Å². The molecule has 3 heteroatoms. The van der Waals surface area contributed by atoms with Gasteiger partial charge in [0.1, 0.15) is 5.75 Å². The number of nitrogens with two attached hydrogens (primary N) is 1. The lowest BCUT2D eigenvalue weighted by Crippen LogP contribution is -2.13. The molecule has 0 aliphatic heterocycles. The van der Waals surface area contributed by atoms with E-state index in [0.29, 0.717) is 6.10 Å². The molecule has 88 valence electrons. The summed E-state index contributed by atoms with van der Waals surface area (Å²) in [5, 5.41) is 0. The van der Waals surface area contributed by atoms with Gasteiger partial charge in [-0.3, -0.25) is 4.98 Å². The molecule has 1 aromatic rings. The van der Waals surface area contributed by atoms with E-state index in [-0.39, 0.29) is 6.04 Å². The first-order valence-corrected chi connectivity index (χ1v) is 6.17. The molecule has 0 amide bonds. The molecule has 2 N–H and O–H groups in total. The van der Waals surface area contributed by atoms with Crippen molar-refractivity contribution in [3.8, 4) is 5.75 Å². The fourth-order valence-corrected chi connectivity index (χ4v) is 2.09. The number of rotatable bonds is 4. The molecule has 0 spiro atoms. The SMILES string of the molecule is CC[C@@H](N)c1ccc(OC2CCCC2)cn1. The zero-order chi connectivity index (χ0) is 11.4. The van der Waals surface area contributed by atoms with E-state index in [9.17, 15) is 0 Å². The van der Waals surface area contributed by atoms with E-state index in [2.05, 4.69) is 11.9 Å². The number of ether oxygens (including phenoxy) is 1. The summed E-state index contributed by atoms with van der Waals surface area (Å²) in [6, 6.07) is 4.00. The van der Waals surface area contributed by atoms with E-state index < -0.39 is 0 Å². The summed E-state index contributed by atoms with van der Waals surface area (Å²) in [5.41, 5.74) is 6.85. The second kappa shape index (κ2) is 5.30. The van der Waals surface area contributed by atoms with Gasteiger partial charge in [-0.1, -0.05) is 6.92 Å². The van der Waals surface area contributed by atoms with Crippen LogP contribution in [0.5, 0.6) is 5.75 Å². The Balaban J connectivity index is 1.96. The fourth-order valence-electron chi connectivity index (χ4n) is 2.09. The molecule has 1 saturated carbocycles. The number of hydrogen-bond acceptors (Lipinski definition) is 3. The van der Waals surface area contributed by atoms with Gasteiger partial charge in [0, 0.05) is 6.04 Å². The Hall–Kier alpha value is -1.09. The van der Waals surface area contributed by atoms with Crippen LogP contribution in [-0.4, -0.2) is 11.1 Å². The lowest BCUT2D eigenvalue weighted by Gasteiger charge is -2.13. The lowest BCUT2D eigenvalue weighted by atomic mass is 10.1. The Kier molecular flexibility index (Phi) is 3.78. The maximum atomic E-state index is 5.90. The number of nitrogens with zero attached hydrogens (tertiary/aromatic N) is 1. The minimum absolute atomic E-state index is 0.0422. The second-order valence-electron chi connectivity index (χ2n) is 4.46. The Morgan fingerprint density at radius 2 is 2.19 bits per heavy atom. The Bertz CT molecular complexity index is 317. The van der Waals surface area contributed by atoms with E-state index in [1.54, 1.807) is 6.20 Å². The molecule has 1 fully saturated rings. The predicted molar refractivity (Wildman–Crippen MR) is 64.3 cm³/mol. The summed E-state index contributed by atoms with van der Waals surface area (Å²) in [4.78, 5) is 4.34. The zero-order valence-electron chi connectivity index (χ0n) is 9.86. The van der Waals surface area contributed by atoms with E-state index in [1.165, 1.54) is 25.7 Å². The molecule has 1 aromatic heterocycles. The van der Waals surface area contributed by atoms with Gasteiger partial charge >= 0.3 is 0 Å². The summed E-state index contributed by atoms with van der Waals surface area (Å²) < 4.78 is 5.84. The van der Waals surface area contributed by atoms with Crippen molar-refractivity contribution >= 4 is 0 Å². The Labute approximate surface area is 97.0 Å². The van der Waals surface area contributed by atoms with Crippen molar-refractivity contribution in [1.29, 1.82) is 0 Å². The molecule has 3 nitrogen and oxygen atoms in total. The average molecular weight is 220 g/mol.